The number of amides is 1. The zero-order chi connectivity index (χ0) is 14.8. The first-order chi connectivity index (χ1) is 9.41. The van der Waals surface area contributed by atoms with Crippen molar-refractivity contribution in [2.24, 2.45) is 5.41 Å². The van der Waals surface area contributed by atoms with Crippen LogP contribution in [-0.4, -0.2) is 31.4 Å². The Morgan fingerprint density at radius 1 is 1.35 bits per heavy atom. The summed E-state index contributed by atoms with van der Waals surface area (Å²) >= 11 is 0. The van der Waals surface area contributed by atoms with Crippen LogP contribution in [0.15, 0.2) is 18.2 Å². The third kappa shape index (κ3) is 3.24. The molecule has 0 unspecified atom stereocenters. The number of nitrogens with one attached hydrogen (secondary N) is 1. The SMILES string of the molecule is CN(C)C(=O)c1ccc(N)c(NCC2(C)CCCC2)c1. The highest BCUT2D eigenvalue weighted by Crippen LogP contribution is 2.37. The Hall–Kier alpha value is -1.71. The highest BCUT2D eigenvalue weighted by molar-refractivity contribution is 5.95. The van der Waals surface area contributed by atoms with Gasteiger partial charge in [0.15, 0.2) is 0 Å². The van der Waals surface area contributed by atoms with Gasteiger partial charge in [0.05, 0.1) is 11.4 Å². The van der Waals surface area contributed by atoms with Crippen LogP contribution in [0.5, 0.6) is 0 Å². The average Bonchev–Trinajstić information content (AvgIpc) is 2.84. The lowest BCUT2D eigenvalue weighted by Crippen LogP contribution is -2.24. The third-order valence-electron chi connectivity index (χ3n) is 4.22. The Kier molecular flexibility index (Phi) is 4.21. The van der Waals surface area contributed by atoms with E-state index in [1.54, 1.807) is 31.1 Å². The number of benzene rings is 1. The maximum atomic E-state index is 12.0. The number of hydrogen-bond acceptors (Lipinski definition) is 3. The van der Waals surface area contributed by atoms with Gasteiger partial charge < -0.3 is 16.0 Å². The van der Waals surface area contributed by atoms with Crippen molar-refractivity contribution in [1.29, 1.82) is 0 Å². The molecule has 0 heterocycles. The smallest absolute Gasteiger partial charge is 0.253 e. The second-order valence-corrected chi connectivity index (χ2v) is 6.37. The minimum absolute atomic E-state index is 0.000119. The number of rotatable bonds is 4. The van der Waals surface area contributed by atoms with Gasteiger partial charge in [-0.25, -0.2) is 0 Å². The molecule has 0 aliphatic heterocycles. The first-order valence-corrected chi connectivity index (χ1v) is 7.26. The van der Waals surface area contributed by atoms with E-state index in [9.17, 15) is 4.79 Å². The van der Waals surface area contributed by atoms with E-state index in [0.717, 1.165) is 12.2 Å². The first kappa shape index (κ1) is 14.7. The molecule has 1 fully saturated rings. The Morgan fingerprint density at radius 2 is 2.00 bits per heavy atom. The maximum Gasteiger partial charge on any atom is 0.253 e. The summed E-state index contributed by atoms with van der Waals surface area (Å²) < 4.78 is 0. The van der Waals surface area contributed by atoms with Gasteiger partial charge in [-0.05, 0) is 36.5 Å². The third-order valence-corrected chi connectivity index (χ3v) is 4.22. The topological polar surface area (TPSA) is 58.4 Å². The summed E-state index contributed by atoms with van der Waals surface area (Å²) in [6, 6.07) is 5.44. The lowest BCUT2D eigenvalue weighted by Gasteiger charge is -2.25. The van der Waals surface area contributed by atoms with Crippen molar-refractivity contribution < 1.29 is 4.79 Å². The van der Waals surface area contributed by atoms with Crippen LogP contribution in [0.3, 0.4) is 0 Å². The van der Waals surface area contributed by atoms with Gasteiger partial charge in [-0.3, -0.25) is 4.79 Å². The molecular weight excluding hydrogens is 250 g/mol. The zero-order valence-corrected chi connectivity index (χ0v) is 12.7. The molecule has 1 amide bonds. The van der Waals surface area contributed by atoms with Crippen molar-refractivity contribution >= 4 is 17.3 Å². The lowest BCUT2D eigenvalue weighted by molar-refractivity contribution is 0.0827. The molecule has 0 radical (unpaired) electrons. The molecule has 3 N–H and O–H groups in total. The molecule has 1 aromatic rings. The van der Waals surface area contributed by atoms with Crippen LogP contribution in [0.4, 0.5) is 11.4 Å². The molecule has 110 valence electrons. The minimum Gasteiger partial charge on any atom is -0.397 e. The molecule has 0 saturated heterocycles. The van der Waals surface area contributed by atoms with E-state index in [1.807, 2.05) is 6.07 Å². The van der Waals surface area contributed by atoms with Gasteiger partial charge in [0.25, 0.3) is 5.91 Å². The molecule has 20 heavy (non-hydrogen) atoms. The molecule has 0 bridgehead atoms. The van der Waals surface area contributed by atoms with Crippen LogP contribution in [-0.2, 0) is 0 Å². The molecule has 4 nitrogen and oxygen atoms in total. The van der Waals surface area contributed by atoms with Crippen molar-refractivity contribution in [2.45, 2.75) is 32.6 Å². The van der Waals surface area contributed by atoms with Gasteiger partial charge in [0.2, 0.25) is 0 Å². The summed E-state index contributed by atoms with van der Waals surface area (Å²) in [5.41, 5.74) is 8.59. The number of carbonyl (C=O) groups excluding carboxylic acids is 1. The van der Waals surface area contributed by atoms with Gasteiger partial charge in [0, 0.05) is 26.2 Å². The van der Waals surface area contributed by atoms with Crippen molar-refractivity contribution in [3.63, 3.8) is 0 Å². The van der Waals surface area contributed by atoms with E-state index in [4.69, 9.17) is 5.73 Å². The van der Waals surface area contributed by atoms with Gasteiger partial charge in [-0.15, -0.1) is 0 Å². The summed E-state index contributed by atoms with van der Waals surface area (Å²) in [5, 5.41) is 3.43. The van der Waals surface area contributed by atoms with Crippen LogP contribution >= 0.6 is 0 Å². The molecule has 4 heteroatoms. The van der Waals surface area contributed by atoms with E-state index in [-0.39, 0.29) is 5.91 Å². The van der Waals surface area contributed by atoms with Crippen molar-refractivity contribution in [2.75, 3.05) is 31.7 Å². The van der Waals surface area contributed by atoms with Crippen molar-refractivity contribution in [3.05, 3.63) is 23.8 Å². The summed E-state index contributed by atoms with van der Waals surface area (Å²) in [7, 11) is 3.51. The molecule has 0 aromatic heterocycles. The number of hydrogen-bond donors (Lipinski definition) is 2. The van der Waals surface area contributed by atoms with Crippen LogP contribution in [0.25, 0.3) is 0 Å². The fourth-order valence-electron chi connectivity index (χ4n) is 2.81. The predicted molar refractivity (Wildman–Crippen MR) is 83.9 cm³/mol. The van der Waals surface area contributed by atoms with Gasteiger partial charge >= 0.3 is 0 Å². The molecule has 1 aliphatic rings. The fourth-order valence-corrected chi connectivity index (χ4v) is 2.81. The second kappa shape index (κ2) is 5.73. The number of nitrogens with zero attached hydrogens (tertiary/aromatic N) is 1. The van der Waals surface area contributed by atoms with Gasteiger partial charge in [-0.2, -0.15) is 0 Å². The summed E-state index contributed by atoms with van der Waals surface area (Å²) in [4.78, 5) is 13.6. The maximum absolute atomic E-state index is 12.0. The Balaban J connectivity index is 2.10. The van der Waals surface area contributed by atoms with E-state index in [0.29, 0.717) is 16.7 Å². The minimum atomic E-state index is 0.000119. The zero-order valence-electron chi connectivity index (χ0n) is 12.7. The Morgan fingerprint density at radius 3 is 2.60 bits per heavy atom. The molecular formula is C16H25N3O. The van der Waals surface area contributed by atoms with E-state index < -0.39 is 0 Å². The first-order valence-electron chi connectivity index (χ1n) is 7.26. The summed E-state index contributed by atoms with van der Waals surface area (Å²) in [5.74, 6) is 0.000119. The molecule has 1 saturated carbocycles. The molecule has 2 rings (SSSR count). The second-order valence-electron chi connectivity index (χ2n) is 6.37. The monoisotopic (exact) mass is 275 g/mol. The number of anilines is 2. The van der Waals surface area contributed by atoms with Crippen molar-refractivity contribution in [1.82, 2.24) is 4.90 Å². The Bertz CT molecular complexity index is 490. The number of nitrogens with two attached hydrogens (primary N) is 1. The van der Waals surface area contributed by atoms with E-state index >= 15 is 0 Å². The predicted octanol–water partition coefficient (Wildman–Crippen LogP) is 2.96. The number of carbonyl (C=O) groups is 1. The lowest BCUT2D eigenvalue weighted by atomic mass is 9.89. The normalized spacial score (nSPS) is 16.9. The van der Waals surface area contributed by atoms with Crippen LogP contribution < -0.4 is 11.1 Å². The molecule has 1 aromatic carbocycles. The van der Waals surface area contributed by atoms with E-state index in [1.165, 1.54) is 25.7 Å². The van der Waals surface area contributed by atoms with Gasteiger partial charge in [0.1, 0.15) is 0 Å². The highest BCUT2D eigenvalue weighted by atomic mass is 16.2. The van der Waals surface area contributed by atoms with Gasteiger partial charge in [-0.1, -0.05) is 19.8 Å². The largest absolute Gasteiger partial charge is 0.397 e. The number of nitrogen functional groups attached to an aromatic ring is 1. The van der Waals surface area contributed by atoms with E-state index in [2.05, 4.69) is 12.2 Å². The molecule has 0 spiro atoms. The van der Waals surface area contributed by atoms with Crippen LogP contribution in [0, 0.1) is 5.41 Å². The molecule has 1 aliphatic carbocycles. The van der Waals surface area contributed by atoms with Crippen molar-refractivity contribution in [3.8, 4) is 0 Å². The average molecular weight is 275 g/mol. The van der Waals surface area contributed by atoms with Crippen LogP contribution in [0.1, 0.15) is 43.0 Å². The fraction of sp³-hybridized carbons (Fsp3) is 0.562. The summed E-state index contributed by atoms with van der Waals surface area (Å²) in [6.07, 6.45) is 5.14. The highest BCUT2D eigenvalue weighted by Gasteiger charge is 2.28. The quantitative estimate of drug-likeness (QED) is 0.831. The molecule has 0 atom stereocenters. The Labute approximate surface area is 121 Å². The standard InChI is InChI=1S/C16H25N3O/c1-16(8-4-5-9-16)11-18-14-10-12(6-7-13(14)17)15(20)19(2)3/h6-7,10,18H,4-5,8-9,11,17H2,1-3H3. The summed E-state index contributed by atoms with van der Waals surface area (Å²) in [6.45, 7) is 3.23. The van der Waals surface area contributed by atoms with Crippen LogP contribution in [0.2, 0.25) is 0 Å².